The first-order valence-electron chi connectivity index (χ1n) is 9.49. The average molecular weight is 381 g/mol. The zero-order valence-corrected chi connectivity index (χ0v) is 16.4. The first-order valence-corrected chi connectivity index (χ1v) is 9.49. The zero-order valence-electron chi connectivity index (χ0n) is 16.4. The summed E-state index contributed by atoms with van der Waals surface area (Å²) in [7, 11) is 3.93. The highest BCUT2D eigenvalue weighted by atomic mass is 15.1. The first-order chi connectivity index (χ1) is 13.6. The second kappa shape index (κ2) is 8.79. The van der Waals surface area contributed by atoms with E-state index in [0.29, 0.717) is 45.8 Å². The van der Waals surface area contributed by atoms with E-state index >= 15 is 0 Å². The Bertz CT molecular complexity index is 856. The number of likely N-dealkylation sites (tertiary alicyclic amines) is 1. The summed E-state index contributed by atoms with van der Waals surface area (Å²) in [6.45, 7) is 3.02. The molecule has 2 heterocycles. The number of nitrogens with two attached hydrogens (primary N) is 1. The van der Waals surface area contributed by atoms with Crippen LogP contribution < -0.4 is 16.4 Å². The van der Waals surface area contributed by atoms with E-state index in [2.05, 4.69) is 32.5 Å². The highest BCUT2D eigenvalue weighted by Gasteiger charge is 2.19. The van der Waals surface area contributed by atoms with Gasteiger partial charge in [0.1, 0.15) is 11.6 Å². The molecule has 28 heavy (non-hydrogen) atoms. The van der Waals surface area contributed by atoms with Crippen molar-refractivity contribution in [3.63, 3.8) is 0 Å². The molecule has 0 spiro atoms. The van der Waals surface area contributed by atoms with Gasteiger partial charge in [0.2, 0.25) is 0 Å². The van der Waals surface area contributed by atoms with Crippen LogP contribution in [-0.4, -0.2) is 61.0 Å². The lowest BCUT2D eigenvalue weighted by atomic mass is 9.97. The zero-order chi connectivity index (χ0) is 20.1. The molecule has 1 aliphatic heterocycles. The summed E-state index contributed by atoms with van der Waals surface area (Å²) in [6.07, 6.45) is 4.79. The van der Waals surface area contributed by atoms with Crippen molar-refractivity contribution >= 4 is 29.8 Å². The van der Waals surface area contributed by atoms with Gasteiger partial charge in [0.25, 0.3) is 0 Å². The SMILES string of the molecule is CNc1nc(-c2cccc(N)c2C=N)nc(NCC2CCN(C)CC2)c1C=N. The Morgan fingerprint density at radius 3 is 2.46 bits per heavy atom. The van der Waals surface area contributed by atoms with Crippen LogP contribution in [0.3, 0.4) is 0 Å². The first kappa shape index (κ1) is 19.8. The van der Waals surface area contributed by atoms with Crippen LogP contribution in [0.2, 0.25) is 0 Å². The van der Waals surface area contributed by atoms with Crippen molar-refractivity contribution in [1.29, 1.82) is 10.8 Å². The van der Waals surface area contributed by atoms with E-state index in [4.69, 9.17) is 16.6 Å². The van der Waals surface area contributed by atoms with E-state index in [1.807, 2.05) is 12.1 Å². The van der Waals surface area contributed by atoms with Crippen LogP contribution in [0.4, 0.5) is 17.3 Å². The lowest BCUT2D eigenvalue weighted by molar-refractivity contribution is 0.226. The van der Waals surface area contributed by atoms with Gasteiger partial charge in [-0.2, -0.15) is 0 Å². The van der Waals surface area contributed by atoms with Gasteiger partial charge in [0.15, 0.2) is 5.82 Å². The number of nitrogens with one attached hydrogen (secondary N) is 4. The summed E-state index contributed by atoms with van der Waals surface area (Å²) in [5.41, 5.74) is 8.45. The minimum atomic E-state index is 0.478. The van der Waals surface area contributed by atoms with Crippen LogP contribution in [0, 0.1) is 16.7 Å². The summed E-state index contributed by atoms with van der Waals surface area (Å²) in [5, 5.41) is 22.0. The van der Waals surface area contributed by atoms with Crippen LogP contribution in [0.25, 0.3) is 11.4 Å². The molecule has 0 radical (unpaired) electrons. The fourth-order valence-electron chi connectivity index (χ4n) is 3.50. The van der Waals surface area contributed by atoms with Crippen LogP contribution >= 0.6 is 0 Å². The van der Waals surface area contributed by atoms with Gasteiger partial charge in [0.05, 0.1) is 5.56 Å². The highest BCUT2D eigenvalue weighted by molar-refractivity contribution is 5.95. The highest BCUT2D eigenvalue weighted by Crippen LogP contribution is 2.29. The van der Waals surface area contributed by atoms with Gasteiger partial charge < -0.3 is 32.1 Å². The Morgan fingerprint density at radius 1 is 1.14 bits per heavy atom. The van der Waals surface area contributed by atoms with Gasteiger partial charge in [-0.3, -0.25) is 0 Å². The number of piperidine rings is 1. The van der Waals surface area contributed by atoms with Crippen molar-refractivity contribution in [2.24, 2.45) is 5.92 Å². The van der Waals surface area contributed by atoms with E-state index in [9.17, 15) is 0 Å². The maximum atomic E-state index is 7.82. The second-order valence-corrected chi connectivity index (χ2v) is 7.13. The number of nitrogen functional groups attached to an aromatic ring is 1. The quantitative estimate of drug-likeness (QED) is 0.371. The van der Waals surface area contributed by atoms with Crippen molar-refractivity contribution in [3.05, 3.63) is 29.3 Å². The predicted molar refractivity (Wildman–Crippen MR) is 116 cm³/mol. The van der Waals surface area contributed by atoms with Gasteiger partial charge in [-0.25, -0.2) is 9.97 Å². The molecule has 8 nitrogen and oxygen atoms in total. The van der Waals surface area contributed by atoms with E-state index in [-0.39, 0.29) is 0 Å². The lowest BCUT2D eigenvalue weighted by Crippen LogP contribution is -2.33. The molecule has 8 heteroatoms. The third-order valence-electron chi connectivity index (χ3n) is 5.25. The monoisotopic (exact) mass is 380 g/mol. The normalized spacial score (nSPS) is 15.2. The molecule has 1 aromatic carbocycles. The summed E-state index contributed by atoms with van der Waals surface area (Å²) < 4.78 is 0. The van der Waals surface area contributed by atoms with E-state index in [1.165, 1.54) is 12.4 Å². The second-order valence-electron chi connectivity index (χ2n) is 7.13. The molecule has 0 aliphatic carbocycles. The molecule has 2 aromatic rings. The Hall–Kier alpha value is -3.00. The van der Waals surface area contributed by atoms with Crippen molar-refractivity contribution in [2.45, 2.75) is 12.8 Å². The third-order valence-corrected chi connectivity index (χ3v) is 5.25. The molecule has 6 N–H and O–H groups in total. The van der Waals surface area contributed by atoms with Gasteiger partial charge >= 0.3 is 0 Å². The summed E-state index contributed by atoms with van der Waals surface area (Å²) >= 11 is 0. The minimum absolute atomic E-state index is 0.478. The van der Waals surface area contributed by atoms with Crippen LogP contribution in [0.15, 0.2) is 18.2 Å². The van der Waals surface area contributed by atoms with Gasteiger partial charge in [-0.15, -0.1) is 0 Å². The number of nitrogens with zero attached hydrogens (tertiary/aromatic N) is 3. The topological polar surface area (TPSA) is 127 Å². The molecule has 1 aliphatic rings. The van der Waals surface area contributed by atoms with Crippen LogP contribution in [-0.2, 0) is 0 Å². The molecule has 1 saturated heterocycles. The maximum Gasteiger partial charge on any atom is 0.164 e. The summed E-state index contributed by atoms with van der Waals surface area (Å²) in [4.78, 5) is 11.6. The molecular weight excluding hydrogens is 352 g/mol. The Balaban J connectivity index is 1.95. The fraction of sp³-hybridized carbons (Fsp3) is 0.400. The average Bonchev–Trinajstić information content (AvgIpc) is 2.72. The molecule has 0 amide bonds. The van der Waals surface area contributed by atoms with E-state index in [0.717, 1.165) is 32.5 Å². The number of aromatic nitrogens is 2. The van der Waals surface area contributed by atoms with Crippen molar-refractivity contribution in [3.8, 4) is 11.4 Å². The lowest BCUT2D eigenvalue weighted by Gasteiger charge is -2.29. The number of hydrogen-bond acceptors (Lipinski definition) is 8. The van der Waals surface area contributed by atoms with Crippen LogP contribution in [0.1, 0.15) is 24.0 Å². The molecule has 0 bridgehead atoms. The van der Waals surface area contributed by atoms with E-state index in [1.54, 1.807) is 13.1 Å². The smallest absolute Gasteiger partial charge is 0.164 e. The minimum Gasteiger partial charge on any atom is -0.398 e. The molecule has 1 aromatic heterocycles. The largest absolute Gasteiger partial charge is 0.398 e. The maximum absolute atomic E-state index is 7.82. The van der Waals surface area contributed by atoms with Crippen molar-refractivity contribution in [2.75, 3.05) is 50.1 Å². The predicted octanol–water partition coefficient (Wildman–Crippen LogP) is 2.52. The Kier molecular flexibility index (Phi) is 6.20. The standard InChI is InChI=1S/C20H28N8/c1-24-18-16(11-22)19(25-12-13-6-8-28(2)9-7-13)27-20(26-18)14-4-3-5-17(23)15(14)10-21/h3-5,10-11,13,21-22H,6-9,12,23H2,1-2H3,(H2,24,25,26,27). The fourth-order valence-corrected chi connectivity index (χ4v) is 3.50. The molecule has 0 unspecified atom stereocenters. The number of anilines is 3. The Labute approximate surface area is 165 Å². The molecule has 0 saturated carbocycles. The molecule has 148 valence electrons. The molecule has 1 fully saturated rings. The summed E-state index contributed by atoms with van der Waals surface area (Å²) in [5.74, 6) is 2.26. The molecule has 3 rings (SSSR count). The summed E-state index contributed by atoms with van der Waals surface area (Å²) in [6, 6.07) is 5.45. The van der Waals surface area contributed by atoms with Crippen molar-refractivity contribution < 1.29 is 0 Å². The molecule has 0 atom stereocenters. The number of rotatable bonds is 7. The van der Waals surface area contributed by atoms with E-state index < -0.39 is 0 Å². The van der Waals surface area contributed by atoms with Gasteiger partial charge in [-0.1, -0.05) is 12.1 Å². The van der Waals surface area contributed by atoms with Gasteiger partial charge in [0, 0.05) is 42.8 Å². The molecular formula is C20H28N8. The number of benzene rings is 1. The third kappa shape index (κ3) is 4.12. The number of hydrogen-bond donors (Lipinski definition) is 5. The van der Waals surface area contributed by atoms with Gasteiger partial charge in [-0.05, 0) is 45.0 Å². The van der Waals surface area contributed by atoms with Crippen molar-refractivity contribution in [1.82, 2.24) is 14.9 Å². The Morgan fingerprint density at radius 2 is 1.82 bits per heavy atom. The van der Waals surface area contributed by atoms with Crippen LogP contribution in [0.5, 0.6) is 0 Å².